The van der Waals surface area contributed by atoms with Crippen LogP contribution in [-0.4, -0.2) is 61.8 Å². The molecule has 0 fully saturated rings. The van der Waals surface area contributed by atoms with Crippen LogP contribution in [0.3, 0.4) is 0 Å². The highest BCUT2D eigenvalue weighted by atomic mass is 28.5. The summed E-state index contributed by atoms with van der Waals surface area (Å²) in [4.78, 5) is 0. The number of hydrogen-bond acceptors (Lipinski definition) is 5. The summed E-state index contributed by atoms with van der Waals surface area (Å²) >= 11 is 0. The van der Waals surface area contributed by atoms with Crippen LogP contribution in [0.4, 0.5) is 0 Å². The molecule has 0 aromatic heterocycles. The van der Waals surface area contributed by atoms with Crippen molar-refractivity contribution in [3.05, 3.63) is 91.0 Å². The van der Waals surface area contributed by atoms with Crippen LogP contribution in [0.25, 0.3) is 0 Å². The summed E-state index contributed by atoms with van der Waals surface area (Å²) in [5, 5.41) is 3.55. The molecule has 0 saturated carbocycles. The number of rotatable bonds is 13. The Bertz CT molecular complexity index is 1060. The van der Waals surface area contributed by atoms with Gasteiger partial charge in [0.15, 0.2) is 44.5 Å². The van der Waals surface area contributed by atoms with Gasteiger partial charge in [-0.15, -0.1) is 0 Å². The zero-order chi connectivity index (χ0) is 30.7. The molecule has 12 heteroatoms. The zero-order valence-electron chi connectivity index (χ0n) is 27.0. The van der Waals surface area contributed by atoms with Gasteiger partial charge in [-0.1, -0.05) is 106 Å². The van der Waals surface area contributed by atoms with Crippen LogP contribution in [0.1, 0.15) is 14.9 Å². The summed E-state index contributed by atoms with van der Waals surface area (Å²) in [6, 6.07) is 31.4. The second kappa shape index (κ2) is 19.5. The van der Waals surface area contributed by atoms with Gasteiger partial charge in [-0.05, 0) is 82.4 Å². The van der Waals surface area contributed by atoms with Gasteiger partial charge in [0, 0.05) is 5.19 Å². The van der Waals surface area contributed by atoms with Gasteiger partial charge < -0.3 is 20.6 Å². The first-order valence-corrected chi connectivity index (χ1v) is 32.8. The van der Waals surface area contributed by atoms with Gasteiger partial charge in [0.05, 0.1) is 0 Å². The van der Waals surface area contributed by atoms with E-state index in [-0.39, 0.29) is 14.9 Å². The Balaban J connectivity index is 0.000000792. The highest BCUT2D eigenvalue weighted by Crippen LogP contribution is 2.18. The van der Waals surface area contributed by atoms with Gasteiger partial charge in [0.25, 0.3) is 0 Å². The summed E-state index contributed by atoms with van der Waals surface area (Å²) in [6.07, 6.45) is 0. The van der Waals surface area contributed by atoms with Crippen LogP contribution < -0.4 is 15.6 Å². The molecule has 3 aromatic rings. The summed E-state index contributed by atoms with van der Waals surface area (Å²) in [7, 11) is -12.0. The molecule has 0 N–H and O–H groups in total. The van der Waals surface area contributed by atoms with E-state index in [0.29, 0.717) is 0 Å². The monoisotopic (exact) mass is 708 g/mol. The van der Waals surface area contributed by atoms with Crippen LogP contribution in [0, 0.1) is 0 Å². The molecule has 3 aromatic carbocycles. The van der Waals surface area contributed by atoms with E-state index in [4.69, 9.17) is 20.6 Å². The first-order valence-electron chi connectivity index (χ1n) is 14.8. The molecule has 0 spiro atoms. The van der Waals surface area contributed by atoms with Gasteiger partial charge in [-0.3, -0.25) is 0 Å². The molecule has 3 rings (SSSR count). The van der Waals surface area contributed by atoms with Crippen molar-refractivity contribution in [3.63, 3.8) is 0 Å². The molecule has 0 amide bonds. The molecule has 0 aliphatic rings. The fourth-order valence-electron chi connectivity index (χ4n) is 4.38. The predicted molar refractivity (Wildman–Crippen MR) is 207 cm³/mol. The Hall–Kier alpha value is -1.02. The average Bonchev–Trinajstić information content (AvgIpc) is 2.88. The van der Waals surface area contributed by atoms with Crippen molar-refractivity contribution in [1.29, 1.82) is 0 Å². The molecule has 0 radical (unpaired) electrons. The third kappa shape index (κ3) is 13.9. The summed E-state index contributed by atoms with van der Waals surface area (Å²) in [5.41, 5.74) is 0. The van der Waals surface area contributed by atoms with Gasteiger partial charge in [0.2, 0.25) is 0 Å². The molecule has 0 aliphatic heterocycles. The van der Waals surface area contributed by atoms with E-state index >= 15 is 0 Å². The minimum atomic E-state index is -2.68. The molecule has 0 aliphatic carbocycles. The van der Waals surface area contributed by atoms with Crippen molar-refractivity contribution < 1.29 is 20.6 Å². The molecule has 242 valence electrons. The Morgan fingerprint density at radius 3 is 0.953 bits per heavy atom. The van der Waals surface area contributed by atoms with E-state index in [1.165, 1.54) is 10.4 Å². The molecule has 0 unspecified atom stereocenters. The minimum Gasteiger partial charge on any atom is -0.433 e. The van der Waals surface area contributed by atoms with Gasteiger partial charge in [-0.2, -0.15) is 0 Å². The second-order valence-electron chi connectivity index (χ2n) is 12.2. The second-order valence-corrected chi connectivity index (χ2v) is 33.4. The molecule has 0 heterocycles. The van der Waals surface area contributed by atoms with E-state index in [9.17, 15) is 0 Å². The van der Waals surface area contributed by atoms with Crippen molar-refractivity contribution in [2.24, 2.45) is 0 Å². The number of hydrogen-bond donors (Lipinski definition) is 0. The Labute approximate surface area is 274 Å². The van der Waals surface area contributed by atoms with Crippen LogP contribution in [-0.2, 0) is 20.6 Å². The fraction of sp³-hybridized carbons (Fsp3) is 0.419. The quantitative estimate of drug-likeness (QED) is 0.198. The maximum absolute atomic E-state index is 6.80. The van der Waals surface area contributed by atoms with Crippen molar-refractivity contribution in [3.8, 4) is 0 Å². The summed E-state index contributed by atoms with van der Waals surface area (Å²) < 4.78 is 32.5. The van der Waals surface area contributed by atoms with E-state index in [1.54, 1.807) is 0 Å². The van der Waals surface area contributed by atoms with E-state index in [1.807, 2.05) is 18.2 Å². The standard InChI is InChI=1S/C17H26O2Si3.C12H26O3Si4.2CH4/c1-20(2)18-22(19-21(3,4)5,16-12-8-6-9-13-16)17-14-10-7-11-15-17;1-16(2)13-19(14-17(3)4,15-18(5)6)12-10-8-7-9-11-12;;/h6-15,20H,1-5H3;7-11,16-18H,1-6H3;2*1H4. The molecular weight excluding hydrogens is 649 g/mol. The van der Waals surface area contributed by atoms with Crippen molar-refractivity contribution in [2.45, 2.75) is 86.9 Å². The molecule has 5 nitrogen and oxygen atoms in total. The lowest BCUT2D eigenvalue weighted by Crippen LogP contribution is -2.68. The van der Waals surface area contributed by atoms with Crippen LogP contribution in [0.15, 0.2) is 91.0 Å². The lowest BCUT2D eigenvalue weighted by atomic mass is 10.4. The average molecular weight is 709 g/mol. The smallest absolute Gasteiger partial charge is 0.433 e. The van der Waals surface area contributed by atoms with Crippen molar-refractivity contribution in [2.75, 3.05) is 0 Å². The highest BCUT2D eigenvalue weighted by molar-refractivity contribution is 7.00. The summed E-state index contributed by atoms with van der Waals surface area (Å²) in [6.45, 7) is 24.3. The van der Waals surface area contributed by atoms with Crippen molar-refractivity contribution in [1.82, 2.24) is 0 Å². The molecule has 0 saturated heterocycles. The largest absolute Gasteiger partial charge is 0.505 e. The van der Waals surface area contributed by atoms with Gasteiger partial charge in [-0.25, -0.2) is 0 Å². The Kier molecular flexibility index (Phi) is 19.0. The fourth-order valence-corrected chi connectivity index (χ4v) is 26.6. The van der Waals surface area contributed by atoms with Gasteiger partial charge >= 0.3 is 17.4 Å². The predicted octanol–water partition coefficient (Wildman–Crippen LogP) is 6.20. The third-order valence-electron chi connectivity index (χ3n) is 5.46. The minimum absolute atomic E-state index is 0. The maximum atomic E-state index is 6.80. The molecule has 0 bridgehead atoms. The van der Waals surface area contributed by atoms with Crippen LogP contribution >= 0.6 is 0 Å². The normalized spacial score (nSPS) is 12.1. The third-order valence-corrected chi connectivity index (χ3v) is 24.9. The van der Waals surface area contributed by atoms with Crippen LogP contribution in [0.2, 0.25) is 72.0 Å². The van der Waals surface area contributed by atoms with E-state index in [0.717, 1.165) is 5.19 Å². The number of benzene rings is 3. The zero-order valence-corrected chi connectivity index (χ0v) is 34.6. The molecular formula is C31H60O5Si7. The van der Waals surface area contributed by atoms with E-state index < -0.39 is 61.8 Å². The van der Waals surface area contributed by atoms with Crippen LogP contribution in [0.5, 0.6) is 0 Å². The highest BCUT2D eigenvalue weighted by Gasteiger charge is 2.46. The first kappa shape index (κ1) is 42.0. The van der Waals surface area contributed by atoms with E-state index in [2.05, 4.69) is 145 Å². The maximum Gasteiger partial charge on any atom is 0.505 e. The Morgan fingerprint density at radius 1 is 0.419 bits per heavy atom. The lowest BCUT2D eigenvalue weighted by molar-refractivity contribution is 0.290. The molecule has 0 atom stereocenters. The lowest BCUT2D eigenvalue weighted by Gasteiger charge is -2.38. The SMILES string of the molecule is C.C.C[SiH](C)O[Si](O[SiH](C)C)(O[SiH](C)C)c1ccccc1.C[SiH](C)O[Si](O[Si](C)(C)C)(c1ccccc1)c1ccccc1. The summed E-state index contributed by atoms with van der Waals surface area (Å²) in [5.74, 6) is 0. The van der Waals surface area contributed by atoms with Gasteiger partial charge in [0.1, 0.15) is 0 Å². The topological polar surface area (TPSA) is 46.2 Å². The molecule has 43 heavy (non-hydrogen) atoms. The Morgan fingerprint density at radius 2 is 0.698 bits per heavy atom. The van der Waals surface area contributed by atoms with Crippen molar-refractivity contribution >= 4 is 77.4 Å². The first-order chi connectivity index (χ1) is 19.2.